The summed E-state index contributed by atoms with van der Waals surface area (Å²) in [6.45, 7) is 3.31. The highest BCUT2D eigenvalue weighted by atomic mass is 32.2. The highest BCUT2D eigenvalue weighted by Crippen LogP contribution is 2.40. The molecule has 0 spiro atoms. The highest BCUT2D eigenvalue weighted by Gasteiger charge is 2.28. The van der Waals surface area contributed by atoms with Gasteiger partial charge in [-0.2, -0.15) is 0 Å². The SMILES string of the molecule is CC(C)(Cc1ccc(SC2CC2)c(F)c1)C(=O)O. The first-order valence-corrected chi connectivity index (χ1v) is 6.95. The van der Waals surface area contributed by atoms with Gasteiger partial charge in [0.25, 0.3) is 0 Å². The summed E-state index contributed by atoms with van der Waals surface area (Å²) in [6, 6.07) is 5.07. The summed E-state index contributed by atoms with van der Waals surface area (Å²) in [7, 11) is 0. The van der Waals surface area contributed by atoms with Crippen LogP contribution in [-0.2, 0) is 11.2 Å². The molecule has 0 amide bonds. The minimum Gasteiger partial charge on any atom is -0.481 e. The van der Waals surface area contributed by atoms with Crippen molar-refractivity contribution in [2.24, 2.45) is 5.41 Å². The molecule has 2 rings (SSSR count). The fourth-order valence-corrected chi connectivity index (χ4v) is 2.75. The largest absolute Gasteiger partial charge is 0.481 e. The monoisotopic (exact) mass is 268 g/mol. The lowest BCUT2D eigenvalue weighted by atomic mass is 9.86. The molecule has 1 aliphatic carbocycles. The van der Waals surface area contributed by atoms with Crippen LogP contribution >= 0.6 is 11.8 Å². The quantitative estimate of drug-likeness (QED) is 0.884. The Morgan fingerprint density at radius 3 is 2.67 bits per heavy atom. The zero-order valence-corrected chi connectivity index (χ0v) is 11.4. The van der Waals surface area contributed by atoms with Gasteiger partial charge in [-0.15, -0.1) is 11.8 Å². The third-order valence-electron chi connectivity index (χ3n) is 3.04. The molecule has 0 radical (unpaired) electrons. The summed E-state index contributed by atoms with van der Waals surface area (Å²) in [5.74, 6) is -1.09. The van der Waals surface area contributed by atoms with Crippen LogP contribution in [0.15, 0.2) is 23.1 Å². The van der Waals surface area contributed by atoms with E-state index in [0.29, 0.717) is 16.6 Å². The topological polar surface area (TPSA) is 37.3 Å². The maximum absolute atomic E-state index is 13.8. The predicted octanol–water partition coefficient (Wildman–Crippen LogP) is 3.73. The molecule has 2 nitrogen and oxygen atoms in total. The lowest BCUT2D eigenvalue weighted by Gasteiger charge is -2.19. The van der Waals surface area contributed by atoms with Gasteiger partial charge in [-0.3, -0.25) is 4.79 Å². The van der Waals surface area contributed by atoms with Crippen molar-refractivity contribution >= 4 is 17.7 Å². The van der Waals surface area contributed by atoms with E-state index in [0.717, 1.165) is 18.4 Å². The molecule has 1 aromatic carbocycles. The average Bonchev–Trinajstić information content (AvgIpc) is 3.05. The second-order valence-corrected chi connectivity index (χ2v) is 6.79. The van der Waals surface area contributed by atoms with Crippen molar-refractivity contribution in [3.63, 3.8) is 0 Å². The third kappa shape index (κ3) is 3.25. The van der Waals surface area contributed by atoms with E-state index in [1.165, 1.54) is 6.07 Å². The normalized spacial score (nSPS) is 15.7. The Kier molecular flexibility index (Phi) is 3.66. The van der Waals surface area contributed by atoms with E-state index in [2.05, 4.69) is 0 Å². The molecule has 0 aliphatic heterocycles. The molecule has 0 heterocycles. The Morgan fingerprint density at radius 2 is 2.17 bits per heavy atom. The van der Waals surface area contributed by atoms with E-state index >= 15 is 0 Å². The van der Waals surface area contributed by atoms with Crippen LogP contribution in [0, 0.1) is 11.2 Å². The van der Waals surface area contributed by atoms with Crippen LogP contribution in [0.4, 0.5) is 4.39 Å². The van der Waals surface area contributed by atoms with Gasteiger partial charge in [-0.25, -0.2) is 4.39 Å². The second-order valence-electron chi connectivity index (χ2n) is 5.45. The molecule has 0 bridgehead atoms. The number of rotatable bonds is 5. The van der Waals surface area contributed by atoms with Crippen molar-refractivity contribution in [2.75, 3.05) is 0 Å². The van der Waals surface area contributed by atoms with Gasteiger partial charge in [0.15, 0.2) is 0 Å². The Labute approximate surface area is 111 Å². The fourth-order valence-electron chi connectivity index (χ4n) is 1.70. The van der Waals surface area contributed by atoms with Crippen molar-refractivity contribution in [2.45, 2.75) is 43.3 Å². The number of halogens is 1. The Morgan fingerprint density at radius 1 is 1.50 bits per heavy atom. The van der Waals surface area contributed by atoms with Crippen LogP contribution < -0.4 is 0 Å². The maximum atomic E-state index is 13.8. The summed E-state index contributed by atoms with van der Waals surface area (Å²) >= 11 is 1.58. The fraction of sp³-hybridized carbons (Fsp3) is 0.500. The van der Waals surface area contributed by atoms with Gasteiger partial charge in [0, 0.05) is 10.1 Å². The number of hydrogen-bond donors (Lipinski definition) is 1. The lowest BCUT2D eigenvalue weighted by Crippen LogP contribution is -2.26. The van der Waals surface area contributed by atoms with Crippen LogP contribution in [0.2, 0.25) is 0 Å². The third-order valence-corrected chi connectivity index (χ3v) is 4.43. The van der Waals surface area contributed by atoms with Gasteiger partial charge in [0.1, 0.15) is 5.82 Å². The number of benzene rings is 1. The minimum atomic E-state index is -0.864. The van der Waals surface area contributed by atoms with E-state index in [1.54, 1.807) is 31.7 Å². The number of carbonyl (C=O) groups is 1. The molecule has 1 aromatic rings. The predicted molar refractivity (Wildman–Crippen MR) is 70.4 cm³/mol. The zero-order valence-electron chi connectivity index (χ0n) is 10.6. The van der Waals surface area contributed by atoms with Gasteiger partial charge in [0.2, 0.25) is 0 Å². The van der Waals surface area contributed by atoms with Gasteiger partial charge in [-0.05, 0) is 50.8 Å². The highest BCUT2D eigenvalue weighted by molar-refractivity contribution is 8.00. The molecule has 1 aliphatic rings. The van der Waals surface area contributed by atoms with Crippen LogP contribution in [0.1, 0.15) is 32.3 Å². The van der Waals surface area contributed by atoms with E-state index in [1.807, 2.05) is 6.07 Å². The van der Waals surface area contributed by atoms with E-state index < -0.39 is 11.4 Å². The number of thioether (sulfide) groups is 1. The van der Waals surface area contributed by atoms with Crippen molar-refractivity contribution in [1.82, 2.24) is 0 Å². The minimum absolute atomic E-state index is 0.231. The van der Waals surface area contributed by atoms with Gasteiger partial charge in [0.05, 0.1) is 5.41 Å². The number of carboxylic acids is 1. The van der Waals surface area contributed by atoms with Gasteiger partial charge < -0.3 is 5.11 Å². The van der Waals surface area contributed by atoms with Crippen molar-refractivity contribution < 1.29 is 14.3 Å². The van der Waals surface area contributed by atoms with Crippen LogP contribution in [0.3, 0.4) is 0 Å². The molecule has 18 heavy (non-hydrogen) atoms. The first kappa shape index (κ1) is 13.4. The molecule has 0 saturated heterocycles. The summed E-state index contributed by atoms with van der Waals surface area (Å²) < 4.78 is 13.8. The maximum Gasteiger partial charge on any atom is 0.309 e. The number of hydrogen-bond acceptors (Lipinski definition) is 2. The first-order valence-electron chi connectivity index (χ1n) is 6.07. The summed E-state index contributed by atoms with van der Waals surface area (Å²) in [5, 5.41) is 9.63. The molecule has 0 unspecified atom stereocenters. The Bertz CT molecular complexity index is 467. The van der Waals surface area contributed by atoms with E-state index in [4.69, 9.17) is 5.11 Å². The van der Waals surface area contributed by atoms with Crippen LogP contribution in [-0.4, -0.2) is 16.3 Å². The summed E-state index contributed by atoms with van der Waals surface area (Å²) in [5.41, 5.74) is -0.127. The second kappa shape index (κ2) is 4.92. The van der Waals surface area contributed by atoms with E-state index in [-0.39, 0.29) is 5.82 Å². The van der Waals surface area contributed by atoms with Gasteiger partial charge in [-0.1, -0.05) is 6.07 Å². The molecule has 0 atom stereocenters. The number of carboxylic acid groups (broad SMARTS) is 1. The molecular formula is C14H17FO2S. The molecule has 98 valence electrons. The molecule has 0 aromatic heterocycles. The Balaban J connectivity index is 2.10. The standard InChI is InChI=1S/C14H17FO2S/c1-14(2,13(16)17)8-9-3-6-12(11(15)7-9)18-10-4-5-10/h3,6-7,10H,4-5,8H2,1-2H3,(H,16,17). The smallest absolute Gasteiger partial charge is 0.309 e. The first-order chi connectivity index (χ1) is 8.38. The summed E-state index contributed by atoms with van der Waals surface area (Å²) in [4.78, 5) is 11.7. The van der Waals surface area contributed by atoms with Crippen LogP contribution in [0.5, 0.6) is 0 Å². The molecule has 1 N–H and O–H groups in total. The van der Waals surface area contributed by atoms with Gasteiger partial charge >= 0.3 is 5.97 Å². The van der Waals surface area contributed by atoms with E-state index in [9.17, 15) is 9.18 Å². The molecule has 1 fully saturated rings. The zero-order chi connectivity index (χ0) is 13.3. The van der Waals surface area contributed by atoms with Crippen molar-refractivity contribution in [3.05, 3.63) is 29.6 Å². The summed E-state index contributed by atoms with van der Waals surface area (Å²) in [6.07, 6.45) is 2.67. The average molecular weight is 268 g/mol. The van der Waals surface area contributed by atoms with Crippen LogP contribution in [0.25, 0.3) is 0 Å². The molecular weight excluding hydrogens is 251 g/mol. The lowest BCUT2D eigenvalue weighted by molar-refractivity contribution is -0.146. The Hall–Kier alpha value is -1.03. The van der Waals surface area contributed by atoms with Crippen molar-refractivity contribution in [1.29, 1.82) is 0 Å². The molecule has 4 heteroatoms. The molecule has 1 saturated carbocycles. The number of aliphatic carboxylic acids is 1. The van der Waals surface area contributed by atoms with Crippen molar-refractivity contribution in [3.8, 4) is 0 Å².